The normalized spacial score (nSPS) is 19.3. The number of amides is 2. The van der Waals surface area contributed by atoms with Gasteiger partial charge in [-0.05, 0) is 38.0 Å². The van der Waals surface area contributed by atoms with E-state index in [1.165, 1.54) is 0 Å². The van der Waals surface area contributed by atoms with Gasteiger partial charge in [-0.2, -0.15) is 0 Å². The largest absolute Gasteiger partial charge is 0.377 e. The lowest BCUT2D eigenvalue weighted by molar-refractivity contribution is 0.0143. The van der Waals surface area contributed by atoms with E-state index >= 15 is 0 Å². The lowest BCUT2D eigenvalue weighted by atomic mass is 10.2. The predicted octanol–water partition coefficient (Wildman–Crippen LogP) is 2.34. The molecule has 0 saturated carbocycles. The van der Waals surface area contributed by atoms with Crippen LogP contribution in [0, 0.1) is 13.8 Å². The van der Waals surface area contributed by atoms with Crippen molar-refractivity contribution in [2.75, 3.05) is 25.1 Å². The second-order valence-corrected chi connectivity index (χ2v) is 4.93. The fourth-order valence-electron chi connectivity index (χ4n) is 2.35. The first kappa shape index (κ1) is 13.8. The fourth-order valence-corrected chi connectivity index (χ4v) is 2.35. The van der Waals surface area contributed by atoms with Crippen molar-refractivity contribution < 1.29 is 9.53 Å². The number of carbonyl (C=O) groups excluding carboxylic acids is 1. The number of pyridine rings is 1. The first-order valence-electron chi connectivity index (χ1n) is 6.71. The SMILES string of the molecule is CCC1COCCN1C(=O)Nc1cc(C)cc(C)n1. The van der Waals surface area contributed by atoms with Crippen molar-refractivity contribution in [1.82, 2.24) is 9.88 Å². The fraction of sp³-hybridized carbons (Fsp3) is 0.571. The third kappa shape index (κ3) is 3.44. The monoisotopic (exact) mass is 263 g/mol. The van der Waals surface area contributed by atoms with Gasteiger partial charge in [-0.15, -0.1) is 0 Å². The highest BCUT2D eigenvalue weighted by molar-refractivity contribution is 5.88. The van der Waals surface area contributed by atoms with Gasteiger partial charge in [0.15, 0.2) is 0 Å². The topological polar surface area (TPSA) is 54.5 Å². The van der Waals surface area contributed by atoms with Gasteiger partial charge in [0.1, 0.15) is 5.82 Å². The van der Waals surface area contributed by atoms with E-state index in [2.05, 4.69) is 17.2 Å². The first-order chi connectivity index (χ1) is 9.10. The number of carbonyl (C=O) groups is 1. The summed E-state index contributed by atoms with van der Waals surface area (Å²) >= 11 is 0. The van der Waals surface area contributed by atoms with Gasteiger partial charge in [-0.25, -0.2) is 9.78 Å². The summed E-state index contributed by atoms with van der Waals surface area (Å²) in [6.45, 7) is 7.83. The zero-order valence-corrected chi connectivity index (χ0v) is 11.8. The first-order valence-corrected chi connectivity index (χ1v) is 6.71. The highest BCUT2D eigenvalue weighted by Crippen LogP contribution is 2.14. The second kappa shape index (κ2) is 6.02. The standard InChI is InChI=1S/C14H21N3O2/c1-4-12-9-19-6-5-17(12)14(18)16-13-8-10(2)7-11(3)15-13/h7-8,12H,4-6,9H2,1-3H3,(H,15,16,18). The van der Waals surface area contributed by atoms with Gasteiger partial charge in [0.2, 0.25) is 0 Å². The van der Waals surface area contributed by atoms with Gasteiger partial charge in [-0.1, -0.05) is 6.92 Å². The van der Waals surface area contributed by atoms with Crippen molar-refractivity contribution >= 4 is 11.8 Å². The van der Waals surface area contributed by atoms with Crippen molar-refractivity contribution in [3.8, 4) is 0 Å². The van der Waals surface area contributed by atoms with Crippen LogP contribution in [-0.2, 0) is 4.74 Å². The van der Waals surface area contributed by atoms with Crippen LogP contribution in [0.15, 0.2) is 12.1 Å². The second-order valence-electron chi connectivity index (χ2n) is 4.93. The number of ether oxygens (including phenoxy) is 1. The molecule has 2 amide bonds. The molecule has 1 aromatic heterocycles. The molecule has 19 heavy (non-hydrogen) atoms. The van der Waals surface area contributed by atoms with Gasteiger partial charge in [-0.3, -0.25) is 5.32 Å². The summed E-state index contributed by atoms with van der Waals surface area (Å²) in [4.78, 5) is 18.4. The predicted molar refractivity (Wildman–Crippen MR) is 74.3 cm³/mol. The lowest BCUT2D eigenvalue weighted by Crippen LogP contribution is -2.50. The Balaban J connectivity index is 2.07. The maximum absolute atomic E-state index is 12.3. The Morgan fingerprint density at radius 1 is 1.53 bits per heavy atom. The third-order valence-corrected chi connectivity index (χ3v) is 3.29. The van der Waals surface area contributed by atoms with E-state index in [9.17, 15) is 4.79 Å². The highest BCUT2D eigenvalue weighted by Gasteiger charge is 2.26. The van der Waals surface area contributed by atoms with Crippen molar-refractivity contribution in [1.29, 1.82) is 0 Å². The molecule has 2 heterocycles. The van der Waals surface area contributed by atoms with E-state index in [-0.39, 0.29) is 12.1 Å². The number of hydrogen-bond donors (Lipinski definition) is 1. The van der Waals surface area contributed by atoms with Crippen molar-refractivity contribution in [2.24, 2.45) is 0 Å². The van der Waals surface area contributed by atoms with Gasteiger partial charge in [0.25, 0.3) is 0 Å². The minimum absolute atomic E-state index is 0.0901. The Labute approximate surface area is 114 Å². The summed E-state index contributed by atoms with van der Waals surface area (Å²) < 4.78 is 5.40. The quantitative estimate of drug-likeness (QED) is 0.891. The van der Waals surface area contributed by atoms with Crippen LogP contribution in [0.2, 0.25) is 0 Å². The van der Waals surface area contributed by atoms with Crippen LogP contribution in [0.3, 0.4) is 0 Å². The zero-order valence-electron chi connectivity index (χ0n) is 11.8. The number of nitrogens with zero attached hydrogens (tertiary/aromatic N) is 2. The Kier molecular flexibility index (Phi) is 4.37. The molecule has 5 nitrogen and oxygen atoms in total. The molecule has 0 aliphatic carbocycles. The maximum atomic E-state index is 12.3. The van der Waals surface area contributed by atoms with Crippen LogP contribution < -0.4 is 5.32 Å². The van der Waals surface area contributed by atoms with Gasteiger partial charge < -0.3 is 9.64 Å². The molecule has 0 aromatic carbocycles. The van der Waals surface area contributed by atoms with Crippen LogP contribution >= 0.6 is 0 Å². The Hall–Kier alpha value is -1.62. The van der Waals surface area contributed by atoms with E-state index in [0.717, 1.165) is 17.7 Å². The average Bonchev–Trinajstić information content (AvgIpc) is 2.37. The molecule has 1 aliphatic heterocycles. The molecule has 1 fully saturated rings. The number of anilines is 1. The smallest absolute Gasteiger partial charge is 0.323 e. The molecule has 1 unspecified atom stereocenters. The van der Waals surface area contributed by atoms with Crippen LogP contribution in [0.1, 0.15) is 24.6 Å². The maximum Gasteiger partial charge on any atom is 0.323 e. The van der Waals surface area contributed by atoms with E-state index < -0.39 is 0 Å². The summed E-state index contributed by atoms with van der Waals surface area (Å²) in [6.07, 6.45) is 0.897. The van der Waals surface area contributed by atoms with Crippen LogP contribution in [0.4, 0.5) is 10.6 Å². The number of urea groups is 1. The lowest BCUT2D eigenvalue weighted by Gasteiger charge is -2.34. The van der Waals surface area contributed by atoms with Crippen molar-refractivity contribution in [3.63, 3.8) is 0 Å². The summed E-state index contributed by atoms with van der Waals surface area (Å²) in [5.41, 5.74) is 2.00. The molecular formula is C14H21N3O2. The number of rotatable bonds is 2. The minimum Gasteiger partial charge on any atom is -0.377 e. The van der Waals surface area contributed by atoms with Gasteiger partial charge in [0, 0.05) is 12.2 Å². The molecule has 1 N–H and O–H groups in total. The molecule has 0 spiro atoms. The average molecular weight is 263 g/mol. The minimum atomic E-state index is -0.0901. The molecule has 104 valence electrons. The molecular weight excluding hydrogens is 242 g/mol. The number of aromatic nitrogens is 1. The van der Waals surface area contributed by atoms with Crippen LogP contribution in [0.5, 0.6) is 0 Å². The van der Waals surface area contributed by atoms with E-state index in [1.54, 1.807) is 0 Å². The summed E-state index contributed by atoms with van der Waals surface area (Å²) in [7, 11) is 0. The summed E-state index contributed by atoms with van der Waals surface area (Å²) in [5, 5.41) is 2.88. The van der Waals surface area contributed by atoms with Crippen LogP contribution in [0.25, 0.3) is 0 Å². The van der Waals surface area contributed by atoms with E-state index in [4.69, 9.17) is 4.74 Å². The molecule has 0 bridgehead atoms. The molecule has 5 heteroatoms. The highest BCUT2D eigenvalue weighted by atomic mass is 16.5. The Bertz CT molecular complexity index is 442. The summed E-state index contributed by atoms with van der Waals surface area (Å²) in [5.74, 6) is 0.615. The van der Waals surface area contributed by atoms with Crippen LogP contribution in [-0.4, -0.2) is 41.7 Å². The van der Waals surface area contributed by atoms with Crippen molar-refractivity contribution in [2.45, 2.75) is 33.2 Å². The number of morpholine rings is 1. The molecule has 1 aromatic rings. The number of nitrogens with one attached hydrogen (secondary N) is 1. The molecule has 1 aliphatic rings. The van der Waals surface area contributed by atoms with Gasteiger partial charge in [0.05, 0.1) is 19.3 Å². The third-order valence-electron chi connectivity index (χ3n) is 3.29. The number of hydrogen-bond acceptors (Lipinski definition) is 3. The van der Waals surface area contributed by atoms with E-state index in [0.29, 0.717) is 25.6 Å². The molecule has 1 saturated heterocycles. The zero-order chi connectivity index (χ0) is 13.8. The van der Waals surface area contributed by atoms with E-state index in [1.807, 2.05) is 30.9 Å². The van der Waals surface area contributed by atoms with Gasteiger partial charge >= 0.3 is 6.03 Å². The van der Waals surface area contributed by atoms with Crippen molar-refractivity contribution in [3.05, 3.63) is 23.4 Å². The number of aryl methyl sites for hydroxylation is 2. The Morgan fingerprint density at radius 2 is 2.32 bits per heavy atom. The molecule has 2 rings (SSSR count). The molecule has 1 atom stereocenters. The summed E-state index contributed by atoms with van der Waals surface area (Å²) in [6, 6.07) is 3.93. The molecule has 0 radical (unpaired) electrons. The Morgan fingerprint density at radius 3 is 3.00 bits per heavy atom.